The lowest BCUT2D eigenvalue weighted by Gasteiger charge is -2.31. The van der Waals surface area contributed by atoms with Crippen molar-refractivity contribution in [3.05, 3.63) is 71.1 Å². The van der Waals surface area contributed by atoms with E-state index in [4.69, 9.17) is 4.52 Å². The van der Waals surface area contributed by atoms with Crippen LogP contribution in [0.2, 0.25) is 0 Å². The van der Waals surface area contributed by atoms with E-state index < -0.39 is 17.6 Å². The minimum absolute atomic E-state index is 0.0244. The third kappa shape index (κ3) is 4.22. The molecule has 1 aliphatic rings. The molecular weight excluding hydrogens is 395 g/mol. The molecule has 1 amide bonds. The minimum atomic E-state index is -4.49. The number of piperidine rings is 1. The van der Waals surface area contributed by atoms with Gasteiger partial charge in [-0.25, -0.2) is 0 Å². The highest BCUT2D eigenvalue weighted by Crippen LogP contribution is 2.31. The zero-order valence-electron chi connectivity index (χ0n) is 16.3. The maximum absolute atomic E-state index is 13.0. The lowest BCUT2D eigenvalue weighted by molar-refractivity contribution is -0.137. The van der Waals surface area contributed by atoms with Crippen molar-refractivity contribution in [1.29, 1.82) is 0 Å². The van der Waals surface area contributed by atoms with Crippen molar-refractivity contribution in [2.75, 3.05) is 13.1 Å². The van der Waals surface area contributed by atoms with E-state index in [1.165, 1.54) is 12.1 Å². The van der Waals surface area contributed by atoms with Crippen molar-refractivity contribution in [2.24, 2.45) is 0 Å². The van der Waals surface area contributed by atoms with Gasteiger partial charge in [-0.15, -0.1) is 0 Å². The highest BCUT2D eigenvalue weighted by atomic mass is 19.4. The first kappa shape index (κ1) is 20.1. The predicted octanol–water partition coefficient (Wildman–Crippen LogP) is 5.08. The molecule has 0 spiro atoms. The van der Waals surface area contributed by atoms with Crippen molar-refractivity contribution >= 4 is 5.91 Å². The Morgan fingerprint density at radius 1 is 1.17 bits per heavy atom. The molecule has 1 unspecified atom stereocenters. The zero-order valence-corrected chi connectivity index (χ0v) is 16.3. The van der Waals surface area contributed by atoms with Gasteiger partial charge in [0.05, 0.1) is 11.5 Å². The summed E-state index contributed by atoms with van der Waals surface area (Å²) < 4.78 is 44.3. The van der Waals surface area contributed by atoms with Crippen LogP contribution < -0.4 is 0 Å². The standard InChI is InChI=1S/C22H20F3N3O2/c1-14-7-9-15(10-8-14)19-26-20(30-27-19)17-5-3-11-28(13-17)21(29)16-4-2-6-18(12-16)22(23,24)25/h2,4,6-10,12,17H,3,5,11,13H2,1H3. The zero-order chi connectivity index (χ0) is 21.3. The van der Waals surface area contributed by atoms with Gasteiger partial charge in [0.15, 0.2) is 0 Å². The summed E-state index contributed by atoms with van der Waals surface area (Å²) in [6, 6.07) is 12.3. The maximum atomic E-state index is 13.0. The smallest absolute Gasteiger partial charge is 0.339 e. The topological polar surface area (TPSA) is 59.2 Å². The molecule has 8 heteroatoms. The van der Waals surface area contributed by atoms with E-state index in [0.717, 1.165) is 29.7 Å². The quantitative estimate of drug-likeness (QED) is 0.598. The van der Waals surface area contributed by atoms with Gasteiger partial charge in [0.1, 0.15) is 0 Å². The van der Waals surface area contributed by atoms with Crippen molar-refractivity contribution < 1.29 is 22.5 Å². The molecule has 0 radical (unpaired) electrons. The Morgan fingerprint density at radius 2 is 1.93 bits per heavy atom. The number of likely N-dealkylation sites (tertiary alicyclic amines) is 1. The Morgan fingerprint density at radius 3 is 2.67 bits per heavy atom. The highest BCUT2D eigenvalue weighted by molar-refractivity contribution is 5.94. The van der Waals surface area contributed by atoms with Crippen molar-refractivity contribution in [1.82, 2.24) is 15.0 Å². The number of amides is 1. The van der Waals surface area contributed by atoms with Gasteiger partial charge >= 0.3 is 6.18 Å². The first-order chi connectivity index (χ1) is 14.3. The van der Waals surface area contributed by atoms with Crippen LogP contribution in [0.5, 0.6) is 0 Å². The highest BCUT2D eigenvalue weighted by Gasteiger charge is 2.33. The Hall–Kier alpha value is -3.16. The van der Waals surface area contributed by atoms with E-state index >= 15 is 0 Å². The first-order valence-corrected chi connectivity index (χ1v) is 9.68. The van der Waals surface area contributed by atoms with Crippen LogP contribution in [0, 0.1) is 6.92 Å². The first-order valence-electron chi connectivity index (χ1n) is 9.68. The molecule has 1 atom stereocenters. The van der Waals surface area contributed by atoms with E-state index in [1.807, 2.05) is 31.2 Å². The van der Waals surface area contributed by atoms with Gasteiger partial charge in [-0.05, 0) is 38.0 Å². The summed E-state index contributed by atoms with van der Waals surface area (Å²) in [5.74, 6) is 0.336. The fourth-order valence-electron chi connectivity index (χ4n) is 3.60. The number of halogens is 3. The monoisotopic (exact) mass is 415 g/mol. The average Bonchev–Trinajstić information content (AvgIpc) is 3.24. The normalized spacial score (nSPS) is 17.2. The van der Waals surface area contributed by atoms with Crippen LogP contribution in [-0.4, -0.2) is 34.0 Å². The number of benzene rings is 2. The Kier molecular flexibility index (Phi) is 5.32. The largest absolute Gasteiger partial charge is 0.416 e. The molecule has 1 aliphatic heterocycles. The molecule has 30 heavy (non-hydrogen) atoms. The number of alkyl halides is 3. The Balaban J connectivity index is 1.50. The van der Waals surface area contributed by atoms with Gasteiger partial charge in [0.2, 0.25) is 11.7 Å². The summed E-state index contributed by atoms with van der Waals surface area (Å²) in [6.45, 7) is 2.79. The van der Waals surface area contributed by atoms with E-state index in [0.29, 0.717) is 31.2 Å². The molecule has 1 fully saturated rings. The Bertz CT molecular complexity index is 1040. The number of nitrogens with zero attached hydrogens (tertiary/aromatic N) is 3. The van der Waals surface area contributed by atoms with E-state index in [-0.39, 0.29) is 11.5 Å². The molecule has 0 N–H and O–H groups in total. The number of hydrogen-bond donors (Lipinski definition) is 0. The van der Waals surface area contributed by atoms with Gasteiger partial charge in [-0.3, -0.25) is 4.79 Å². The fourth-order valence-corrected chi connectivity index (χ4v) is 3.60. The van der Waals surface area contributed by atoms with Gasteiger partial charge in [-0.2, -0.15) is 18.2 Å². The summed E-state index contributed by atoms with van der Waals surface area (Å²) in [7, 11) is 0. The third-order valence-electron chi connectivity index (χ3n) is 5.25. The third-order valence-corrected chi connectivity index (χ3v) is 5.25. The molecule has 2 heterocycles. The molecule has 3 aromatic rings. The molecule has 5 nitrogen and oxygen atoms in total. The number of rotatable bonds is 3. The minimum Gasteiger partial charge on any atom is -0.339 e. The maximum Gasteiger partial charge on any atom is 0.416 e. The van der Waals surface area contributed by atoms with Crippen LogP contribution in [-0.2, 0) is 6.18 Å². The van der Waals surface area contributed by atoms with Crippen LogP contribution in [0.25, 0.3) is 11.4 Å². The molecule has 0 aliphatic carbocycles. The molecule has 1 saturated heterocycles. The second-order valence-corrected chi connectivity index (χ2v) is 7.49. The molecule has 2 aromatic carbocycles. The second kappa shape index (κ2) is 7.93. The molecular formula is C22H20F3N3O2. The average molecular weight is 415 g/mol. The van der Waals surface area contributed by atoms with E-state index in [2.05, 4.69) is 10.1 Å². The lowest BCUT2D eigenvalue weighted by atomic mass is 9.97. The van der Waals surface area contributed by atoms with E-state index in [1.54, 1.807) is 4.90 Å². The van der Waals surface area contributed by atoms with Gasteiger partial charge in [-0.1, -0.05) is 41.1 Å². The fraction of sp³-hybridized carbons (Fsp3) is 0.318. The SMILES string of the molecule is Cc1ccc(-c2noc(C3CCCN(C(=O)c4cccc(C(F)(F)F)c4)C3)n2)cc1. The second-order valence-electron chi connectivity index (χ2n) is 7.49. The number of hydrogen-bond acceptors (Lipinski definition) is 4. The number of carbonyl (C=O) groups is 1. The lowest BCUT2D eigenvalue weighted by Crippen LogP contribution is -2.39. The summed E-state index contributed by atoms with van der Waals surface area (Å²) in [5, 5.41) is 4.04. The van der Waals surface area contributed by atoms with Crippen molar-refractivity contribution in [2.45, 2.75) is 31.9 Å². The van der Waals surface area contributed by atoms with Gasteiger partial charge in [0, 0.05) is 24.2 Å². The molecule has 156 valence electrons. The van der Waals surface area contributed by atoms with Crippen molar-refractivity contribution in [3.63, 3.8) is 0 Å². The molecule has 0 bridgehead atoms. The van der Waals surface area contributed by atoms with Crippen LogP contribution in [0.4, 0.5) is 13.2 Å². The Labute approximate surface area is 171 Å². The predicted molar refractivity (Wildman–Crippen MR) is 104 cm³/mol. The molecule has 0 saturated carbocycles. The van der Waals surface area contributed by atoms with Crippen molar-refractivity contribution in [3.8, 4) is 11.4 Å². The van der Waals surface area contributed by atoms with Crippen LogP contribution >= 0.6 is 0 Å². The van der Waals surface area contributed by atoms with Crippen LogP contribution in [0.1, 0.15) is 46.1 Å². The van der Waals surface area contributed by atoms with Crippen LogP contribution in [0.15, 0.2) is 53.1 Å². The number of aryl methyl sites for hydroxylation is 1. The summed E-state index contributed by atoms with van der Waals surface area (Å²) >= 11 is 0. The molecule has 1 aromatic heterocycles. The van der Waals surface area contributed by atoms with Gasteiger partial charge in [0.25, 0.3) is 5.91 Å². The summed E-state index contributed by atoms with van der Waals surface area (Å²) in [4.78, 5) is 18.8. The number of carbonyl (C=O) groups excluding carboxylic acids is 1. The number of aromatic nitrogens is 2. The molecule has 4 rings (SSSR count). The van der Waals surface area contributed by atoms with Crippen LogP contribution in [0.3, 0.4) is 0 Å². The summed E-state index contributed by atoms with van der Waals surface area (Å²) in [6.07, 6.45) is -3.02. The van der Waals surface area contributed by atoms with E-state index in [9.17, 15) is 18.0 Å². The summed E-state index contributed by atoms with van der Waals surface area (Å²) in [5.41, 5.74) is 1.15. The van der Waals surface area contributed by atoms with Gasteiger partial charge < -0.3 is 9.42 Å².